The van der Waals surface area contributed by atoms with E-state index in [0.717, 1.165) is 35.2 Å². The average molecular weight is 419 g/mol. The number of halogens is 3. The van der Waals surface area contributed by atoms with Gasteiger partial charge in [-0.3, -0.25) is 4.68 Å². The molecule has 2 aromatic rings. The van der Waals surface area contributed by atoms with Crippen LogP contribution in [0.3, 0.4) is 0 Å². The quantitative estimate of drug-likeness (QED) is 0.739. The maximum absolute atomic E-state index is 13.9. The maximum atomic E-state index is 13.9. The van der Waals surface area contributed by atoms with Crippen LogP contribution in [-0.4, -0.2) is 16.3 Å². The highest BCUT2D eigenvalue weighted by Gasteiger charge is 2.23. The Balaban J connectivity index is 2.52. The van der Waals surface area contributed by atoms with Crippen LogP contribution in [0.1, 0.15) is 37.6 Å². The van der Waals surface area contributed by atoms with Crippen molar-refractivity contribution >= 4 is 31.9 Å². The number of aromatic nitrogens is 2. The fourth-order valence-corrected chi connectivity index (χ4v) is 3.32. The van der Waals surface area contributed by atoms with Crippen molar-refractivity contribution in [3.05, 3.63) is 50.4 Å². The van der Waals surface area contributed by atoms with Gasteiger partial charge in [-0.1, -0.05) is 19.1 Å². The number of nitrogens with one attached hydrogen (secondary N) is 1. The standard InChI is InChI=1S/C15H18Br2FN3/c1-3-8-19-14(10-6-5-7-12(18)13(10)17)15-11(16)9-20-21(15)4-2/h5-7,9,14,19H,3-4,8H2,1-2H3. The highest BCUT2D eigenvalue weighted by atomic mass is 79.9. The molecule has 114 valence electrons. The first-order valence-corrected chi connectivity index (χ1v) is 8.57. The molecule has 1 aromatic carbocycles. The van der Waals surface area contributed by atoms with Gasteiger partial charge in [0.25, 0.3) is 0 Å². The summed E-state index contributed by atoms with van der Waals surface area (Å²) in [4.78, 5) is 0. The van der Waals surface area contributed by atoms with E-state index in [1.54, 1.807) is 12.3 Å². The van der Waals surface area contributed by atoms with E-state index in [1.165, 1.54) is 6.07 Å². The van der Waals surface area contributed by atoms with Crippen LogP contribution in [0.4, 0.5) is 4.39 Å². The first kappa shape index (κ1) is 16.6. The van der Waals surface area contributed by atoms with Crippen LogP contribution in [-0.2, 0) is 6.54 Å². The van der Waals surface area contributed by atoms with E-state index in [-0.39, 0.29) is 11.9 Å². The van der Waals surface area contributed by atoms with Crippen LogP contribution in [0.2, 0.25) is 0 Å². The van der Waals surface area contributed by atoms with Gasteiger partial charge in [0.2, 0.25) is 0 Å². The molecule has 0 bridgehead atoms. The highest BCUT2D eigenvalue weighted by molar-refractivity contribution is 9.10. The topological polar surface area (TPSA) is 29.9 Å². The molecule has 2 rings (SSSR count). The molecule has 3 nitrogen and oxygen atoms in total. The molecule has 0 aliphatic rings. The molecular formula is C15H18Br2FN3. The van der Waals surface area contributed by atoms with Crippen LogP contribution in [0.5, 0.6) is 0 Å². The van der Waals surface area contributed by atoms with E-state index in [2.05, 4.69) is 49.2 Å². The van der Waals surface area contributed by atoms with Gasteiger partial charge in [0.1, 0.15) is 5.82 Å². The molecule has 1 N–H and O–H groups in total. The van der Waals surface area contributed by atoms with Crippen molar-refractivity contribution in [3.63, 3.8) is 0 Å². The van der Waals surface area contributed by atoms with Crippen LogP contribution in [0.15, 0.2) is 33.3 Å². The number of hydrogen-bond donors (Lipinski definition) is 1. The highest BCUT2D eigenvalue weighted by Crippen LogP contribution is 2.33. The molecular weight excluding hydrogens is 401 g/mol. The lowest BCUT2D eigenvalue weighted by Gasteiger charge is -2.22. The summed E-state index contributed by atoms with van der Waals surface area (Å²) >= 11 is 6.93. The minimum atomic E-state index is -0.255. The van der Waals surface area contributed by atoms with E-state index in [9.17, 15) is 4.39 Å². The Morgan fingerprint density at radius 2 is 2.10 bits per heavy atom. The van der Waals surface area contributed by atoms with Crippen molar-refractivity contribution in [2.75, 3.05) is 6.54 Å². The number of aryl methyl sites for hydroxylation is 1. The second kappa shape index (κ2) is 7.51. The second-order valence-corrected chi connectivity index (χ2v) is 6.37. The van der Waals surface area contributed by atoms with Crippen LogP contribution >= 0.6 is 31.9 Å². The SMILES string of the molecule is CCCNC(c1cccc(F)c1Br)c1c(Br)cnn1CC. The number of hydrogen-bond acceptors (Lipinski definition) is 2. The lowest BCUT2D eigenvalue weighted by atomic mass is 10.0. The summed E-state index contributed by atoms with van der Waals surface area (Å²) in [7, 11) is 0. The molecule has 0 fully saturated rings. The summed E-state index contributed by atoms with van der Waals surface area (Å²) in [5.41, 5.74) is 1.89. The largest absolute Gasteiger partial charge is 0.305 e. The molecule has 0 saturated heterocycles. The Bertz CT molecular complexity index is 613. The zero-order valence-corrected chi connectivity index (χ0v) is 15.2. The van der Waals surface area contributed by atoms with E-state index in [4.69, 9.17) is 0 Å². The third-order valence-corrected chi connectivity index (χ3v) is 4.74. The van der Waals surface area contributed by atoms with Crippen molar-refractivity contribution in [2.45, 2.75) is 32.9 Å². The van der Waals surface area contributed by atoms with Crippen LogP contribution in [0.25, 0.3) is 0 Å². The van der Waals surface area contributed by atoms with Crippen molar-refractivity contribution in [2.24, 2.45) is 0 Å². The molecule has 21 heavy (non-hydrogen) atoms. The first-order chi connectivity index (χ1) is 10.1. The molecule has 1 aromatic heterocycles. The minimum absolute atomic E-state index is 0.119. The fourth-order valence-electron chi connectivity index (χ4n) is 2.30. The lowest BCUT2D eigenvalue weighted by molar-refractivity contribution is 0.522. The Kier molecular flexibility index (Phi) is 5.96. The summed E-state index contributed by atoms with van der Waals surface area (Å²) in [5.74, 6) is -0.255. The molecule has 0 radical (unpaired) electrons. The molecule has 1 unspecified atom stereocenters. The second-order valence-electron chi connectivity index (χ2n) is 4.72. The summed E-state index contributed by atoms with van der Waals surface area (Å²) < 4.78 is 17.2. The zero-order valence-electron chi connectivity index (χ0n) is 12.0. The Morgan fingerprint density at radius 1 is 1.33 bits per heavy atom. The number of nitrogens with zero attached hydrogens (tertiary/aromatic N) is 2. The molecule has 1 heterocycles. The summed E-state index contributed by atoms with van der Waals surface area (Å²) in [6.07, 6.45) is 2.79. The predicted octanol–water partition coefficient (Wildman–Crippen LogP) is 4.66. The molecule has 0 amide bonds. The molecule has 0 aliphatic carbocycles. The summed E-state index contributed by atoms with van der Waals surface area (Å²) in [6, 6.07) is 5.00. The van der Waals surface area contributed by atoms with Crippen LogP contribution in [0, 0.1) is 5.82 Å². The summed E-state index contributed by atoms with van der Waals surface area (Å²) in [6.45, 7) is 5.75. The van der Waals surface area contributed by atoms with Gasteiger partial charge >= 0.3 is 0 Å². The maximum Gasteiger partial charge on any atom is 0.137 e. The normalized spacial score (nSPS) is 12.6. The van der Waals surface area contributed by atoms with E-state index in [0.29, 0.717) is 4.47 Å². The number of benzene rings is 1. The molecule has 1 atom stereocenters. The predicted molar refractivity (Wildman–Crippen MR) is 89.8 cm³/mol. The van der Waals surface area contributed by atoms with Gasteiger partial charge in [-0.15, -0.1) is 0 Å². The van der Waals surface area contributed by atoms with Gasteiger partial charge < -0.3 is 5.32 Å². The molecule has 6 heteroatoms. The van der Waals surface area contributed by atoms with Gasteiger partial charge in [0.05, 0.1) is 26.9 Å². The molecule has 0 spiro atoms. The third-order valence-electron chi connectivity index (χ3n) is 3.30. The molecule has 0 aliphatic heterocycles. The first-order valence-electron chi connectivity index (χ1n) is 6.98. The van der Waals surface area contributed by atoms with Gasteiger partial charge in [-0.05, 0) is 63.4 Å². The lowest BCUT2D eigenvalue weighted by Crippen LogP contribution is -2.26. The third kappa shape index (κ3) is 3.55. The fraction of sp³-hybridized carbons (Fsp3) is 0.400. The van der Waals surface area contributed by atoms with Crippen LogP contribution < -0.4 is 5.32 Å². The van der Waals surface area contributed by atoms with Gasteiger partial charge in [-0.2, -0.15) is 5.10 Å². The monoisotopic (exact) mass is 417 g/mol. The Hall–Kier alpha value is -0.720. The smallest absolute Gasteiger partial charge is 0.137 e. The van der Waals surface area contributed by atoms with Gasteiger partial charge in [0, 0.05) is 6.54 Å². The average Bonchev–Trinajstić information content (AvgIpc) is 2.85. The van der Waals surface area contributed by atoms with E-state index >= 15 is 0 Å². The van der Waals surface area contributed by atoms with Crippen molar-refractivity contribution in [3.8, 4) is 0 Å². The Morgan fingerprint density at radius 3 is 2.76 bits per heavy atom. The number of rotatable bonds is 6. The van der Waals surface area contributed by atoms with Gasteiger partial charge in [0.15, 0.2) is 0 Å². The molecule has 0 saturated carbocycles. The zero-order chi connectivity index (χ0) is 15.4. The van der Waals surface area contributed by atoms with E-state index in [1.807, 2.05) is 17.7 Å². The van der Waals surface area contributed by atoms with Gasteiger partial charge in [-0.25, -0.2) is 4.39 Å². The summed E-state index contributed by atoms with van der Waals surface area (Å²) in [5, 5.41) is 7.85. The van der Waals surface area contributed by atoms with Crippen molar-refractivity contribution in [1.29, 1.82) is 0 Å². The van der Waals surface area contributed by atoms with E-state index < -0.39 is 0 Å². The minimum Gasteiger partial charge on any atom is -0.305 e. The van der Waals surface area contributed by atoms with Crippen molar-refractivity contribution in [1.82, 2.24) is 15.1 Å². The van der Waals surface area contributed by atoms with Crippen molar-refractivity contribution < 1.29 is 4.39 Å². The Labute approximate surface area is 141 Å².